The average Bonchev–Trinajstić information content (AvgIpc) is 2.42. The molecule has 6 nitrogen and oxygen atoms in total. The van der Waals surface area contributed by atoms with Crippen molar-refractivity contribution in [3.8, 4) is 0 Å². The molecule has 1 rings (SSSR count). The Morgan fingerprint density at radius 2 is 2.10 bits per heavy atom. The highest BCUT2D eigenvalue weighted by Crippen LogP contribution is 2.29. The van der Waals surface area contributed by atoms with Gasteiger partial charge in [-0.1, -0.05) is 19.9 Å². The van der Waals surface area contributed by atoms with Crippen LogP contribution in [-0.4, -0.2) is 35.9 Å². The van der Waals surface area contributed by atoms with E-state index in [1.54, 1.807) is 24.1 Å². The fourth-order valence-electron chi connectivity index (χ4n) is 2.08. The van der Waals surface area contributed by atoms with Crippen molar-refractivity contribution < 1.29 is 9.72 Å². The fourth-order valence-corrected chi connectivity index (χ4v) is 2.08. The summed E-state index contributed by atoms with van der Waals surface area (Å²) in [5.74, 6) is 0.00967. The molecule has 0 saturated heterocycles. The van der Waals surface area contributed by atoms with Crippen molar-refractivity contribution in [3.63, 3.8) is 0 Å². The summed E-state index contributed by atoms with van der Waals surface area (Å²) < 4.78 is 0. The molecule has 0 saturated carbocycles. The van der Waals surface area contributed by atoms with Gasteiger partial charge in [0.25, 0.3) is 5.91 Å². The molecule has 1 N–H and O–H groups in total. The smallest absolute Gasteiger partial charge is 0.305 e. The Kier molecular flexibility index (Phi) is 5.49. The molecular weight excluding hydrogens is 258 g/mol. The van der Waals surface area contributed by atoms with E-state index in [-0.39, 0.29) is 17.2 Å². The molecule has 20 heavy (non-hydrogen) atoms. The Morgan fingerprint density at radius 1 is 1.45 bits per heavy atom. The lowest BCUT2D eigenvalue weighted by Crippen LogP contribution is -2.34. The van der Waals surface area contributed by atoms with E-state index < -0.39 is 4.92 Å². The zero-order chi connectivity index (χ0) is 15.3. The topological polar surface area (TPSA) is 75.5 Å². The van der Waals surface area contributed by atoms with Gasteiger partial charge in [-0.15, -0.1) is 0 Å². The predicted octanol–water partition coefficient (Wildman–Crippen LogP) is 2.75. The van der Waals surface area contributed by atoms with E-state index >= 15 is 0 Å². The minimum Gasteiger partial charge on any atom is -0.383 e. The number of amides is 1. The maximum absolute atomic E-state index is 12.5. The van der Waals surface area contributed by atoms with Crippen molar-refractivity contribution in [1.29, 1.82) is 0 Å². The molecule has 0 fully saturated rings. The van der Waals surface area contributed by atoms with Gasteiger partial charge >= 0.3 is 5.69 Å². The molecule has 0 atom stereocenters. The Labute approximate surface area is 118 Å². The van der Waals surface area contributed by atoms with E-state index in [4.69, 9.17) is 0 Å². The zero-order valence-electron chi connectivity index (χ0n) is 12.3. The van der Waals surface area contributed by atoms with Crippen molar-refractivity contribution in [2.24, 2.45) is 5.92 Å². The lowest BCUT2D eigenvalue weighted by atomic mass is 10.1. The normalized spacial score (nSPS) is 10.4. The Hall–Kier alpha value is -2.11. The summed E-state index contributed by atoms with van der Waals surface area (Å²) in [5, 5.41) is 14.0. The van der Waals surface area contributed by atoms with Crippen molar-refractivity contribution in [2.45, 2.75) is 20.8 Å². The van der Waals surface area contributed by atoms with Gasteiger partial charge in [0.1, 0.15) is 11.3 Å². The van der Waals surface area contributed by atoms with Crippen LogP contribution in [0.25, 0.3) is 0 Å². The molecule has 1 aromatic rings. The summed E-state index contributed by atoms with van der Waals surface area (Å²) >= 11 is 0. The first-order valence-electron chi connectivity index (χ1n) is 6.66. The molecule has 1 amide bonds. The minimum atomic E-state index is -0.512. The number of nitrogens with one attached hydrogen (secondary N) is 1. The van der Waals surface area contributed by atoms with E-state index in [1.807, 2.05) is 20.8 Å². The number of nitrogens with zero attached hydrogens (tertiary/aromatic N) is 2. The summed E-state index contributed by atoms with van der Waals surface area (Å²) in [6, 6.07) is 4.74. The highest BCUT2D eigenvalue weighted by atomic mass is 16.6. The molecule has 110 valence electrons. The van der Waals surface area contributed by atoms with Crippen LogP contribution in [0, 0.1) is 16.0 Å². The average molecular weight is 279 g/mol. The van der Waals surface area contributed by atoms with Crippen molar-refractivity contribution in [3.05, 3.63) is 33.9 Å². The van der Waals surface area contributed by atoms with Crippen LogP contribution in [0.15, 0.2) is 18.2 Å². The van der Waals surface area contributed by atoms with Gasteiger partial charge < -0.3 is 10.2 Å². The van der Waals surface area contributed by atoms with Gasteiger partial charge in [0.15, 0.2) is 0 Å². The van der Waals surface area contributed by atoms with Crippen molar-refractivity contribution >= 4 is 17.3 Å². The number of nitro groups is 1. The summed E-state index contributed by atoms with van der Waals surface area (Å²) in [7, 11) is 1.60. The number of hydrogen-bond acceptors (Lipinski definition) is 4. The van der Waals surface area contributed by atoms with E-state index in [1.165, 1.54) is 6.07 Å². The SMILES string of the molecule is CCN(CC(C)C)C(=O)c1cccc(NC)c1[N+](=O)[O-]. The monoisotopic (exact) mass is 279 g/mol. The van der Waals surface area contributed by atoms with Crippen LogP contribution >= 0.6 is 0 Å². The number of para-hydroxylation sites is 1. The quantitative estimate of drug-likeness (QED) is 0.641. The van der Waals surface area contributed by atoms with Crippen LogP contribution in [0.1, 0.15) is 31.1 Å². The van der Waals surface area contributed by atoms with Gasteiger partial charge in [0, 0.05) is 20.1 Å². The lowest BCUT2D eigenvalue weighted by Gasteiger charge is -2.23. The highest BCUT2D eigenvalue weighted by molar-refractivity contribution is 6.00. The maximum Gasteiger partial charge on any atom is 0.305 e. The first-order chi connectivity index (χ1) is 9.42. The summed E-state index contributed by atoms with van der Waals surface area (Å²) in [5.41, 5.74) is 0.313. The number of hydrogen-bond donors (Lipinski definition) is 1. The highest BCUT2D eigenvalue weighted by Gasteiger charge is 2.27. The summed E-state index contributed by atoms with van der Waals surface area (Å²) in [6.07, 6.45) is 0. The third-order valence-electron chi connectivity index (χ3n) is 2.97. The molecule has 0 aliphatic rings. The van der Waals surface area contributed by atoms with Gasteiger partial charge in [-0.05, 0) is 25.0 Å². The van der Waals surface area contributed by atoms with Gasteiger partial charge in [0.05, 0.1) is 4.92 Å². The Morgan fingerprint density at radius 3 is 2.55 bits per heavy atom. The molecule has 0 heterocycles. The zero-order valence-corrected chi connectivity index (χ0v) is 12.3. The first kappa shape index (κ1) is 15.9. The molecular formula is C14H21N3O3. The molecule has 0 aliphatic heterocycles. The van der Waals surface area contributed by atoms with Crippen LogP contribution in [0.5, 0.6) is 0 Å². The van der Waals surface area contributed by atoms with Gasteiger partial charge in [-0.2, -0.15) is 0 Å². The molecule has 0 aromatic heterocycles. The summed E-state index contributed by atoms with van der Waals surface area (Å²) in [6.45, 7) is 6.99. The molecule has 0 unspecified atom stereocenters. The number of nitro benzene ring substituents is 1. The van der Waals surface area contributed by atoms with E-state index in [2.05, 4.69) is 5.32 Å². The minimum absolute atomic E-state index is 0.129. The van der Waals surface area contributed by atoms with Gasteiger partial charge in [-0.25, -0.2) is 0 Å². The van der Waals surface area contributed by atoms with E-state index in [9.17, 15) is 14.9 Å². The second-order valence-corrected chi connectivity index (χ2v) is 4.95. The van der Waals surface area contributed by atoms with E-state index in [0.717, 1.165) is 0 Å². The second kappa shape index (κ2) is 6.88. The van der Waals surface area contributed by atoms with Crippen LogP contribution in [0.4, 0.5) is 11.4 Å². The largest absolute Gasteiger partial charge is 0.383 e. The molecule has 6 heteroatoms. The summed E-state index contributed by atoms with van der Waals surface area (Å²) in [4.78, 5) is 24.9. The predicted molar refractivity (Wildman–Crippen MR) is 79.1 cm³/mol. The number of anilines is 1. The fraction of sp³-hybridized carbons (Fsp3) is 0.500. The Balaban J connectivity index is 3.24. The van der Waals surface area contributed by atoms with Crippen LogP contribution in [-0.2, 0) is 0 Å². The third kappa shape index (κ3) is 3.46. The third-order valence-corrected chi connectivity index (χ3v) is 2.97. The van der Waals surface area contributed by atoms with Crippen molar-refractivity contribution in [1.82, 2.24) is 4.90 Å². The molecule has 0 bridgehead atoms. The van der Waals surface area contributed by atoms with Crippen LogP contribution in [0.2, 0.25) is 0 Å². The molecule has 0 spiro atoms. The molecule has 0 aliphatic carbocycles. The first-order valence-corrected chi connectivity index (χ1v) is 6.66. The second-order valence-electron chi connectivity index (χ2n) is 4.95. The molecule has 0 radical (unpaired) electrons. The number of carbonyl (C=O) groups is 1. The maximum atomic E-state index is 12.5. The van der Waals surface area contributed by atoms with Crippen LogP contribution in [0.3, 0.4) is 0 Å². The number of rotatable bonds is 6. The lowest BCUT2D eigenvalue weighted by molar-refractivity contribution is -0.384. The molecule has 1 aromatic carbocycles. The van der Waals surface area contributed by atoms with Gasteiger partial charge in [-0.3, -0.25) is 14.9 Å². The number of carbonyl (C=O) groups excluding carboxylic acids is 1. The van der Waals surface area contributed by atoms with Crippen LogP contribution < -0.4 is 5.32 Å². The van der Waals surface area contributed by atoms with E-state index in [0.29, 0.717) is 24.7 Å². The standard InChI is InChI=1S/C14H21N3O3/c1-5-16(9-10(2)3)14(18)11-7-6-8-12(15-4)13(11)17(19)20/h6-8,10,15H,5,9H2,1-4H3. The number of benzene rings is 1. The van der Waals surface area contributed by atoms with Crippen molar-refractivity contribution in [2.75, 3.05) is 25.5 Å². The van der Waals surface area contributed by atoms with Gasteiger partial charge in [0.2, 0.25) is 0 Å². The Bertz CT molecular complexity index is 500.